The molecule has 38 heavy (non-hydrogen) atoms. The van der Waals surface area contributed by atoms with Gasteiger partial charge in [0.2, 0.25) is 0 Å². The Bertz CT molecular complexity index is 1450. The van der Waals surface area contributed by atoms with Crippen molar-refractivity contribution in [3.63, 3.8) is 0 Å². The molecule has 0 saturated carbocycles. The number of aryl methyl sites for hydroxylation is 1. The summed E-state index contributed by atoms with van der Waals surface area (Å²) in [5.41, 5.74) is 4.80. The molecule has 0 bridgehead atoms. The first kappa shape index (κ1) is 24.1. The lowest BCUT2D eigenvalue weighted by atomic mass is 9.85. The number of pyridine rings is 1. The van der Waals surface area contributed by atoms with Gasteiger partial charge in [-0.15, -0.1) is 0 Å². The fourth-order valence-corrected chi connectivity index (χ4v) is 5.68. The molecule has 3 aromatic carbocycles. The van der Waals surface area contributed by atoms with E-state index in [1.807, 2.05) is 97.2 Å². The molecular weight excluding hydrogens is 472 g/mol. The van der Waals surface area contributed by atoms with Crippen molar-refractivity contribution in [2.24, 2.45) is 0 Å². The van der Waals surface area contributed by atoms with Crippen molar-refractivity contribution >= 4 is 23.3 Å². The van der Waals surface area contributed by atoms with Crippen molar-refractivity contribution in [2.45, 2.75) is 31.8 Å². The van der Waals surface area contributed by atoms with E-state index in [0.29, 0.717) is 31.6 Å². The topological polar surface area (TPSA) is 56.8 Å². The number of piperidine rings is 1. The molecule has 2 saturated heterocycles. The number of imide groups is 1. The number of para-hydroxylation sites is 1. The van der Waals surface area contributed by atoms with Gasteiger partial charge in [-0.2, -0.15) is 0 Å². The van der Waals surface area contributed by atoms with Gasteiger partial charge < -0.3 is 0 Å². The predicted octanol–water partition coefficient (Wildman–Crippen LogP) is 6.07. The summed E-state index contributed by atoms with van der Waals surface area (Å²) in [7, 11) is 0. The molecule has 0 aliphatic carbocycles. The minimum Gasteiger partial charge on any atom is -0.297 e. The highest BCUT2D eigenvalue weighted by molar-refractivity contribution is 6.30. The molecule has 2 aliphatic heterocycles. The van der Waals surface area contributed by atoms with E-state index in [2.05, 4.69) is 22.9 Å². The molecule has 0 radical (unpaired) electrons. The van der Waals surface area contributed by atoms with Crippen LogP contribution in [0.2, 0.25) is 0 Å². The lowest BCUT2D eigenvalue weighted by molar-refractivity contribution is -0.123. The maximum atomic E-state index is 14.2. The Morgan fingerprint density at radius 3 is 2.03 bits per heavy atom. The monoisotopic (exact) mass is 502 g/mol. The number of amides is 3. The fourth-order valence-electron chi connectivity index (χ4n) is 5.68. The second kappa shape index (κ2) is 9.88. The van der Waals surface area contributed by atoms with Gasteiger partial charge in [0.15, 0.2) is 0 Å². The number of carbonyl (C=O) groups is 2. The van der Waals surface area contributed by atoms with Crippen LogP contribution in [-0.4, -0.2) is 40.5 Å². The van der Waals surface area contributed by atoms with Gasteiger partial charge >= 0.3 is 6.03 Å². The Balaban J connectivity index is 1.30. The summed E-state index contributed by atoms with van der Waals surface area (Å²) in [4.78, 5) is 38.2. The van der Waals surface area contributed by atoms with E-state index in [4.69, 9.17) is 0 Å². The number of rotatable bonds is 5. The van der Waals surface area contributed by atoms with E-state index in [-0.39, 0.29) is 11.9 Å². The molecule has 6 nitrogen and oxygen atoms in total. The molecule has 0 atom stereocenters. The first-order chi connectivity index (χ1) is 18.6. The van der Waals surface area contributed by atoms with Crippen LogP contribution >= 0.6 is 0 Å². The SMILES string of the molecule is Cc1cccnc1CN1CCC2(CC1)C(=O)N(c1ccc(-c3ccccc3)cc1)C(=O)N2c1ccccc1. The van der Waals surface area contributed by atoms with Crippen molar-refractivity contribution in [3.05, 3.63) is 115 Å². The van der Waals surface area contributed by atoms with Crippen molar-refractivity contribution in [2.75, 3.05) is 22.9 Å². The smallest absolute Gasteiger partial charge is 0.297 e. The van der Waals surface area contributed by atoms with Crippen LogP contribution in [0.25, 0.3) is 11.1 Å². The third-order valence-electron chi connectivity index (χ3n) is 7.83. The molecule has 3 heterocycles. The lowest BCUT2D eigenvalue weighted by Gasteiger charge is -2.42. The minimum atomic E-state index is -0.911. The summed E-state index contributed by atoms with van der Waals surface area (Å²) in [5.74, 6) is -0.146. The van der Waals surface area contributed by atoms with Crippen LogP contribution in [0.4, 0.5) is 16.2 Å². The molecule has 2 aliphatic rings. The Kier molecular flexibility index (Phi) is 6.26. The average Bonchev–Trinajstić information content (AvgIpc) is 3.17. The molecule has 6 heteroatoms. The van der Waals surface area contributed by atoms with Crippen LogP contribution in [0.3, 0.4) is 0 Å². The molecule has 4 aromatic rings. The van der Waals surface area contributed by atoms with Crippen molar-refractivity contribution in [1.82, 2.24) is 9.88 Å². The number of hydrogen-bond acceptors (Lipinski definition) is 4. The van der Waals surface area contributed by atoms with Gasteiger partial charge in [-0.1, -0.05) is 66.7 Å². The number of anilines is 2. The third-order valence-corrected chi connectivity index (χ3v) is 7.83. The molecule has 6 rings (SSSR count). The van der Waals surface area contributed by atoms with Gasteiger partial charge in [0.1, 0.15) is 5.54 Å². The van der Waals surface area contributed by atoms with Gasteiger partial charge in [-0.3, -0.25) is 19.6 Å². The van der Waals surface area contributed by atoms with E-state index in [1.54, 1.807) is 4.90 Å². The van der Waals surface area contributed by atoms with Crippen LogP contribution in [0.1, 0.15) is 24.1 Å². The summed E-state index contributed by atoms with van der Waals surface area (Å²) in [6.45, 7) is 4.23. The van der Waals surface area contributed by atoms with Gasteiger partial charge in [0.25, 0.3) is 5.91 Å². The molecule has 0 unspecified atom stereocenters. The molecule has 0 N–H and O–H groups in total. The largest absolute Gasteiger partial charge is 0.336 e. The van der Waals surface area contributed by atoms with Crippen LogP contribution in [0.5, 0.6) is 0 Å². The van der Waals surface area contributed by atoms with Crippen molar-refractivity contribution < 1.29 is 9.59 Å². The van der Waals surface area contributed by atoms with Crippen LogP contribution in [0.15, 0.2) is 103 Å². The zero-order valence-electron chi connectivity index (χ0n) is 21.5. The second-order valence-corrected chi connectivity index (χ2v) is 10.1. The highest BCUT2D eigenvalue weighted by Gasteiger charge is 2.59. The first-order valence-electron chi connectivity index (χ1n) is 13.1. The highest BCUT2D eigenvalue weighted by Crippen LogP contribution is 2.42. The Labute approximate surface area is 223 Å². The van der Waals surface area contributed by atoms with Gasteiger partial charge in [0.05, 0.1) is 11.4 Å². The second-order valence-electron chi connectivity index (χ2n) is 10.1. The predicted molar refractivity (Wildman–Crippen MR) is 150 cm³/mol. The Morgan fingerprint density at radius 1 is 0.737 bits per heavy atom. The van der Waals surface area contributed by atoms with E-state index in [0.717, 1.165) is 34.6 Å². The number of carbonyl (C=O) groups excluding carboxylic acids is 2. The summed E-state index contributed by atoms with van der Waals surface area (Å²) < 4.78 is 0. The maximum Gasteiger partial charge on any atom is 0.336 e. The lowest BCUT2D eigenvalue weighted by Crippen LogP contribution is -2.56. The van der Waals surface area contributed by atoms with Gasteiger partial charge in [0, 0.05) is 31.5 Å². The first-order valence-corrected chi connectivity index (χ1v) is 13.1. The summed E-state index contributed by atoms with van der Waals surface area (Å²) in [6, 6.07) is 31.1. The number of aromatic nitrogens is 1. The van der Waals surface area contributed by atoms with Crippen LogP contribution in [0, 0.1) is 6.92 Å². The average molecular weight is 503 g/mol. The zero-order chi connectivity index (χ0) is 26.1. The zero-order valence-corrected chi connectivity index (χ0v) is 21.5. The maximum absolute atomic E-state index is 14.2. The number of likely N-dealkylation sites (tertiary alicyclic amines) is 1. The number of nitrogens with zero attached hydrogens (tertiary/aromatic N) is 4. The van der Waals surface area contributed by atoms with Crippen LogP contribution in [-0.2, 0) is 11.3 Å². The molecule has 1 spiro atoms. The van der Waals surface area contributed by atoms with Crippen molar-refractivity contribution in [1.29, 1.82) is 0 Å². The van der Waals surface area contributed by atoms with Crippen LogP contribution < -0.4 is 9.80 Å². The molecular formula is C32H30N4O2. The van der Waals surface area contributed by atoms with Crippen molar-refractivity contribution in [3.8, 4) is 11.1 Å². The molecule has 3 amide bonds. The summed E-state index contributed by atoms with van der Waals surface area (Å²) >= 11 is 0. The highest BCUT2D eigenvalue weighted by atomic mass is 16.2. The standard InChI is InChI=1S/C32H30N4O2/c1-24-9-8-20-33-29(24)23-34-21-18-32(19-22-34)30(37)35(31(38)36(32)28-12-6-3-7-13-28)27-16-14-26(15-17-27)25-10-4-2-5-11-25/h2-17,20H,18-19,21-23H2,1H3. The van der Waals surface area contributed by atoms with E-state index < -0.39 is 5.54 Å². The molecule has 1 aromatic heterocycles. The molecule has 2 fully saturated rings. The minimum absolute atomic E-state index is 0.146. The normalized spacial score (nSPS) is 17.4. The quantitative estimate of drug-likeness (QED) is 0.311. The Hall–Kier alpha value is -4.29. The number of hydrogen-bond donors (Lipinski definition) is 0. The third kappa shape index (κ3) is 4.17. The van der Waals surface area contributed by atoms with Gasteiger partial charge in [-0.25, -0.2) is 9.69 Å². The summed E-state index contributed by atoms with van der Waals surface area (Å²) in [5, 5.41) is 0. The number of benzene rings is 3. The van der Waals surface area contributed by atoms with Gasteiger partial charge in [-0.05, 0) is 66.8 Å². The fraction of sp³-hybridized carbons (Fsp3) is 0.219. The van der Waals surface area contributed by atoms with E-state index in [9.17, 15) is 9.59 Å². The molecule has 190 valence electrons. The Morgan fingerprint density at radius 2 is 1.37 bits per heavy atom. The summed E-state index contributed by atoms with van der Waals surface area (Å²) in [6.07, 6.45) is 2.96. The van der Waals surface area contributed by atoms with E-state index >= 15 is 0 Å². The number of urea groups is 1. The van der Waals surface area contributed by atoms with E-state index in [1.165, 1.54) is 4.90 Å².